The van der Waals surface area contributed by atoms with Crippen LogP contribution in [0, 0.1) is 11.8 Å². The lowest BCUT2D eigenvalue weighted by Gasteiger charge is -2.33. The number of nitrogens with one attached hydrogen (secondary N) is 1. The van der Waals surface area contributed by atoms with Gasteiger partial charge in [0.1, 0.15) is 0 Å². The van der Waals surface area contributed by atoms with Crippen LogP contribution in [0.25, 0.3) is 0 Å². The summed E-state index contributed by atoms with van der Waals surface area (Å²) in [5.74, 6) is -0.0988. The highest BCUT2D eigenvalue weighted by atomic mass is 16.4. The normalized spacial score (nSPS) is 19.6. The summed E-state index contributed by atoms with van der Waals surface area (Å²) in [6, 6.07) is 0. The average molecular weight is 283 g/mol. The zero-order chi connectivity index (χ0) is 15.2. The lowest BCUT2D eigenvalue weighted by molar-refractivity contribution is -0.139. The van der Waals surface area contributed by atoms with Gasteiger partial charge in [-0.25, -0.2) is 0 Å². The quantitative estimate of drug-likeness (QED) is 0.753. The van der Waals surface area contributed by atoms with E-state index in [0.29, 0.717) is 12.3 Å². The van der Waals surface area contributed by atoms with E-state index in [2.05, 4.69) is 5.32 Å². The SMILES string of the molecule is CC(C)C(C)(CC(=O)O)NC(=O)CCC1CCCCC1. The summed E-state index contributed by atoms with van der Waals surface area (Å²) in [7, 11) is 0. The first-order chi connectivity index (χ1) is 9.33. The average Bonchev–Trinajstić information content (AvgIpc) is 2.36. The first-order valence-corrected chi connectivity index (χ1v) is 7.86. The Labute approximate surface area is 122 Å². The number of carboxylic acids is 1. The molecular formula is C16H29NO3. The second-order valence-electron chi connectivity index (χ2n) is 6.73. The molecule has 1 atom stereocenters. The molecule has 1 aliphatic carbocycles. The number of carbonyl (C=O) groups is 2. The first-order valence-electron chi connectivity index (χ1n) is 7.86. The molecule has 0 aromatic rings. The third-order valence-electron chi connectivity index (χ3n) is 4.72. The lowest BCUT2D eigenvalue weighted by Crippen LogP contribution is -2.51. The Balaban J connectivity index is 2.43. The van der Waals surface area contributed by atoms with Gasteiger partial charge in [0.25, 0.3) is 0 Å². The van der Waals surface area contributed by atoms with Crippen LogP contribution >= 0.6 is 0 Å². The summed E-state index contributed by atoms with van der Waals surface area (Å²) in [4.78, 5) is 23.0. The van der Waals surface area contributed by atoms with Crippen LogP contribution < -0.4 is 5.32 Å². The van der Waals surface area contributed by atoms with Gasteiger partial charge in [0.05, 0.1) is 6.42 Å². The summed E-state index contributed by atoms with van der Waals surface area (Å²) in [6.45, 7) is 5.72. The molecule has 2 N–H and O–H groups in total. The van der Waals surface area contributed by atoms with Gasteiger partial charge < -0.3 is 10.4 Å². The van der Waals surface area contributed by atoms with E-state index in [4.69, 9.17) is 5.11 Å². The van der Waals surface area contributed by atoms with Crippen molar-refractivity contribution in [3.05, 3.63) is 0 Å². The third kappa shape index (κ3) is 5.51. The molecule has 1 saturated carbocycles. The minimum Gasteiger partial charge on any atom is -0.481 e. The van der Waals surface area contributed by atoms with Crippen LogP contribution in [-0.4, -0.2) is 22.5 Å². The number of hydrogen-bond acceptors (Lipinski definition) is 2. The van der Waals surface area contributed by atoms with Gasteiger partial charge in [0.2, 0.25) is 5.91 Å². The topological polar surface area (TPSA) is 66.4 Å². The second-order valence-corrected chi connectivity index (χ2v) is 6.73. The van der Waals surface area contributed by atoms with Crippen molar-refractivity contribution < 1.29 is 14.7 Å². The molecule has 1 rings (SSSR count). The van der Waals surface area contributed by atoms with Gasteiger partial charge in [0, 0.05) is 12.0 Å². The third-order valence-corrected chi connectivity index (χ3v) is 4.72. The first kappa shape index (κ1) is 17.0. The molecule has 116 valence electrons. The zero-order valence-electron chi connectivity index (χ0n) is 13.1. The molecular weight excluding hydrogens is 254 g/mol. The predicted molar refractivity (Wildman–Crippen MR) is 79.4 cm³/mol. The molecule has 20 heavy (non-hydrogen) atoms. The molecule has 0 spiro atoms. The van der Waals surface area contributed by atoms with Crippen molar-refractivity contribution in [3.8, 4) is 0 Å². The second kappa shape index (κ2) is 7.65. The minimum absolute atomic E-state index is 0.00646. The van der Waals surface area contributed by atoms with Gasteiger partial charge in [-0.3, -0.25) is 9.59 Å². The Hall–Kier alpha value is -1.06. The molecule has 0 aromatic carbocycles. The van der Waals surface area contributed by atoms with Gasteiger partial charge >= 0.3 is 5.97 Å². The highest BCUT2D eigenvalue weighted by Gasteiger charge is 2.32. The van der Waals surface area contributed by atoms with Crippen LogP contribution in [0.5, 0.6) is 0 Å². The Kier molecular flexibility index (Phi) is 6.50. The standard InChI is InChI=1S/C16H29NO3/c1-12(2)16(3,11-15(19)20)17-14(18)10-9-13-7-5-4-6-8-13/h12-13H,4-11H2,1-3H3,(H,17,18)(H,19,20). The van der Waals surface area contributed by atoms with Gasteiger partial charge in [-0.15, -0.1) is 0 Å². The highest BCUT2D eigenvalue weighted by molar-refractivity contribution is 5.78. The molecule has 1 aliphatic rings. The summed E-state index contributed by atoms with van der Waals surface area (Å²) >= 11 is 0. The largest absolute Gasteiger partial charge is 0.481 e. The number of carboxylic acid groups (broad SMARTS) is 1. The van der Waals surface area contributed by atoms with Crippen molar-refractivity contribution in [1.29, 1.82) is 0 Å². The Morgan fingerprint density at radius 1 is 1.25 bits per heavy atom. The van der Waals surface area contributed by atoms with Crippen LogP contribution in [0.2, 0.25) is 0 Å². The molecule has 0 aromatic heterocycles. The Morgan fingerprint density at radius 3 is 2.35 bits per heavy atom. The zero-order valence-corrected chi connectivity index (χ0v) is 13.1. The molecule has 0 aliphatic heterocycles. The molecule has 1 amide bonds. The molecule has 0 heterocycles. The van der Waals surface area contributed by atoms with Gasteiger partial charge in [0.15, 0.2) is 0 Å². The van der Waals surface area contributed by atoms with E-state index in [1.165, 1.54) is 32.1 Å². The number of hydrogen-bond donors (Lipinski definition) is 2. The fraction of sp³-hybridized carbons (Fsp3) is 0.875. The molecule has 0 saturated heterocycles. The van der Waals surface area contributed by atoms with E-state index in [1.54, 1.807) is 0 Å². The maximum atomic E-state index is 12.1. The van der Waals surface area contributed by atoms with E-state index < -0.39 is 11.5 Å². The number of aliphatic carboxylic acids is 1. The van der Waals surface area contributed by atoms with Crippen LogP contribution in [0.15, 0.2) is 0 Å². The summed E-state index contributed by atoms with van der Waals surface area (Å²) < 4.78 is 0. The fourth-order valence-corrected chi connectivity index (χ4v) is 2.90. The van der Waals surface area contributed by atoms with E-state index in [0.717, 1.165) is 6.42 Å². The van der Waals surface area contributed by atoms with Crippen LogP contribution in [0.4, 0.5) is 0 Å². The van der Waals surface area contributed by atoms with Crippen LogP contribution in [0.1, 0.15) is 72.1 Å². The molecule has 4 nitrogen and oxygen atoms in total. The van der Waals surface area contributed by atoms with Crippen molar-refractivity contribution in [3.63, 3.8) is 0 Å². The lowest BCUT2D eigenvalue weighted by atomic mass is 9.84. The van der Waals surface area contributed by atoms with Crippen LogP contribution in [0.3, 0.4) is 0 Å². The number of amides is 1. The van der Waals surface area contributed by atoms with Crippen molar-refractivity contribution in [1.82, 2.24) is 5.32 Å². The molecule has 0 radical (unpaired) electrons. The molecule has 4 heteroatoms. The van der Waals surface area contributed by atoms with Crippen molar-refractivity contribution in [2.45, 2.75) is 77.7 Å². The maximum absolute atomic E-state index is 12.1. The fourth-order valence-electron chi connectivity index (χ4n) is 2.90. The smallest absolute Gasteiger partial charge is 0.305 e. The highest BCUT2D eigenvalue weighted by Crippen LogP contribution is 2.27. The van der Waals surface area contributed by atoms with Gasteiger partial charge in [-0.1, -0.05) is 46.0 Å². The van der Waals surface area contributed by atoms with E-state index >= 15 is 0 Å². The van der Waals surface area contributed by atoms with Gasteiger partial charge in [-0.2, -0.15) is 0 Å². The number of carbonyl (C=O) groups excluding carboxylic acids is 1. The van der Waals surface area contributed by atoms with Gasteiger partial charge in [-0.05, 0) is 25.2 Å². The molecule has 1 fully saturated rings. The molecule has 0 bridgehead atoms. The Bertz CT molecular complexity index is 335. The van der Waals surface area contributed by atoms with Crippen molar-refractivity contribution >= 4 is 11.9 Å². The predicted octanol–water partition coefficient (Wildman–Crippen LogP) is 3.35. The van der Waals surface area contributed by atoms with Crippen LogP contribution in [-0.2, 0) is 9.59 Å². The Morgan fingerprint density at radius 2 is 1.85 bits per heavy atom. The monoisotopic (exact) mass is 283 g/mol. The van der Waals surface area contributed by atoms with Crippen molar-refractivity contribution in [2.75, 3.05) is 0 Å². The summed E-state index contributed by atoms with van der Waals surface area (Å²) in [6.07, 6.45) is 7.81. The van der Waals surface area contributed by atoms with E-state index in [1.807, 2.05) is 20.8 Å². The minimum atomic E-state index is -0.867. The summed E-state index contributed by atoms with van der Waals surface area (Å²) in [5, 5.41) is 11.9. The molecule has 1 unspecified atom stereocenters. The van der Waals surface area contributed by atoms with E-state index in [9.17, 15) is 9.59 Å². The number of rotatable bonds is 7. The maximum Gasteiger partial charge on any atom is 0.305 e. The summed E-state index contributed by atoms with van der Waals surface area (Å²) in [5.41, 5.74) is -0.657. The van der Waals surface area contributed by atoms with E-state index in [-0.39, 0.29) is 18.2 Å². The van der Waals surface area contributed by atoms with Crippen molar-refractivity contribution in [2.24, 2.45) is 11.8 Å².